The van der Waals surface area contributed by atoms with Gasteiger partial charge in [0.1, 0.15) is 0 Å². The maximum atomic E-state index is 12.1. The number of carbonyl (C=O) groups excluding carboxylic acids is 1. The zero-order valence-corrected chi connectivity index (χ0v) is 11.2. The molecule has 17 heavy (non-hydrogen) atoms. The summed E-state index contributed by atoms with van der Waals surface area (Å²) in [6.07, 6.45) is 2.57. The highest BCUT2D eigenvalue weighted by molar-refractivity contribution is 7.99. The van der Waals surface area contributed by atoms with Crippen molar-refractivity contribution in [3.63, 3.8) is 0 Å². The van der Waals surface area contributed by atoms with E-state index in [9.17, 15) is 9.90 Å². The van der Waals surface area contributed by atoms with Crippen molar-refractivity contribution in [1.29, 1.82) is 0 Å². The molecule has 0 saturated carbocycles. The maximum absolute atomic E-state index is 12.1. The predicted molar refractivity (Wildman–Crippen MR) is 70.1 cm³/mol. The fourth-order valence-corrected chi connectivity index (χ4v) is 3.78. The Morgan fingerprint density at radius 1 is 1.41 bits per heavy atom. The Balaban J connectivity index is 1.81. The normalized spacial score (nSPS) is 30.5. The molecule has 2 N–H and O–H groups in total. The highest BCUT2D eigenvalue weighted by Crippen LogP contribution is 2.26. The largest absolute Gasteiger partial charge is 0.390 e. The topological polar surface area (TPSA) is 52.6 Å². The number of β-amino-alcohol motifs (C(OH)–C–C–N with tert-alkyl or cyclic N) is 1. The van der Waals surface area contributed by atoms with Crippen LogP contribution in [-0.4, -0.2) is 59.7 Å². The van der Waals surface area contributed by atoms with E-state index < -0.39 is 6.10 Å². The first-order valence-corrected chi connectivity index (χ1v) is 7.56. The summed E-state index contributed by atoms with van der Waals surface area (Å²) in [7, 11) is 1.82. The molecule has 2 aliphatic heterocycles. The number of nitrogens with one attached hydrogen (secondary N) is 1. The monoisotopic (exact) mass is 258 g/mol. The highest BCUT2D eigenvalue weighted by Gasteiger charge is 2.31. The second-order valence-corrected chi connectivity index (χ2v) is 6.28. The van der Waals surface area contributed by atoms with Crippen LogP contribution >= 0.6 is 11.8 Å². The first-order valence-electron chi connectivity index (χ1n) is 6.40. The summed E-state index contributed by atoms with van der Waals surface area (Å²) in [5.74, 6) is 3.12. The number of likely N-dealkylation sites (N-methyl/N-ethyl adjacent to an activating group) is 1. The lowest BCUT2D eigenvalue weighted by molar-refractivity contribution is -0.134. The standard InChI is InChI=1S/C12H22N2O2S/c1-14(10-7-13-8-11(10)15)12(16)6-9-2-4-17-5-3-9/h9-11,13,15H,2-8H2,1H3/t10-,11-/m0/s1. The van der Waals surface area contributed by atoms with E-state index in [4.69, 9.17) is 0 Å². The molecule has 0 radical (unpaired) electrons. The fourth-order valence-electron chi connectivity index (χ4n) is 2.57. The molecule has 2 heterocycles. The molecular weight excluding hydrogens is 236 g/mol. The van der Waals surface area contributed by atoms with Crippen molar-refractivity contribution in [2.75, 3.05) is 31.6 Å². The summed E-state index contributed by atoms with van der Waals surface area (Å²) in [5, 5.41) is 12.9. The lowest BCUT2D eigenvalue weighted by atomic mass is 9.97. The molecule has 0 bridgehead atoms. The fraction of sp³-hybridized carbons (Fsp3) is 0.917. The van der Waals surface area contributed by atoms with Gasteiger partial charge in [0.2, 0.25) is 5.91 Å². The SMILES string of the molecule is CN(C(=O)CC1CCSCC1)[C@H]1CNC[C@@H]1O. The van der Waals surface area contributed by atoms with Gasteiger partial charge in [0.25, 0.3) is 0 Å². The number of hydrogen-bond acceptors (Lipinski definition) is 4. The van der Waals surface area contributed by atoms with Crippen molar-refractivity contribution in [1.82, 2.24) is 10.2 Å². The minimum atomic E-state index is -0.411. The van der Waals surface area contributed by atoms with Crippen LogP contribution in [-0.2, 0) is 4.79 Å². The maximum Gasteiger partial charge on any atom is 0.222 e. The Labute approximate surface area is 107 Å². The number of aliphatic hydroxyl groups is 1. The van der Waals surface area contributed by atoms with E-state index in [1.165, 1.54) is 11.5 Å². The Morgan fingerprint density at radius 2 is 2.12 bits per heavy atom. The van der Waals surface area contributed by atoms with Gasteiger partial charge in [-0.25, -0.2) is 0 Å². The summed E-state index contributed by atoms with van der Waals surface area (Å²) < 4.78 is 0. The van der Waals surface area contributed by atoms with Gasteiger partial charge in [0.15, 0.2) is 0 Å². The average Bonchev–Trinajstić information content (AvgIpc) is 2.76. The van der Waals surface area contributed by atoms with Crippen LogP contribution in [0.3, 0.4) is 0 Å². The molecule has 0 unspecified atom stereocenters. The van der Waals surface area contributed by atoms with Gasteiger partial charge in [-0.05, 0) is 30.3 Å². The van der Waals surface area contributed by atoms with Crippen LogP contribution < -0.4 is 5.32 Å². The van der Waals surface area contributed by atoms with Crippen molar-refractivity contribution in [2.24, 2.45) is 5.92 Å². The molecule has 0 aromatic carbocycles. The molecule has 2 aliphatic rings. The molecular formula is C12H22N2O2S. The van der Waals surface area contributed by atoms with E-state index in [0.717, 1.165) is 12.8 Å². The molecule has 2 atom stereocenters. The number of carbonyl (C=O) groups is 1. The minimum Gasteiger partial charge on any atom is -0.390 e. The van der Waals surface area contributed by atoms with E-state index in [1.54, 1.807) is 4.90 Å². The van der Waals surface area contributed by atoms with Crippen LogP contribution in [0.2, 0.25) is 0 Å². The first-order chi connectivity index (χ1) is 8.18. The van der Waals surface area contributed by atoms with E-state index >= 15 is 0 Å². The number of aliphatic hydroxyl groups excluding tert-OH is 1. The number of hydrogen-bond donors (Lipinski definition) is 2. The Morgan fingerprint density at radius 3 is 2.71 bits per heavy atom. The van der Waals surface area contributed by atoms with Gasteiger partial charge in [0, 0.05) is 26.6 Å². The smallest absolute Gasteiger partial charge is 0.222 e. The van der Waals surface area contributed by atoms with Gasteiger partial charge >= 0.3 is 0 Å². The van der Waals surface area contributed by atoms with Crippen molar-refractivity contribution in [3.8, 4) is 0 Å². The third-order valence-corrected chi connectivity index (χ3v) is 4.89. The van der Waals surface area contributed by atoms with E-state index in [0.29, 0.717) is 25.4 Å². The second-order valence-electron chi connectivity index (χ2n) is 5.06. The van der Waals surface area contributed by atoms with Gasteiger partial charge < -0.3 is 15.3 Å². The average molecular weight is 258 g/mol. The Bertz CT molecular complexity index is 269. The molecule has 2 saturated heterocycles. The molecule has 2 rings (SSSR count). The summed E-state index contributed by atoms with van der Waals surface area (Å²) in [6.45, 7) is 1.31. The summed E-state index contributed by atoms with van der Waals surface area (Å²) >= 11 is 1.98. The van der Waals surface area contributed by atoms with Crippen molar-refractivity contribution >= 4 is 17.7 Å². The van der Waals surface area contributed by atoms with Gasteiger partial charge in [-0.3, -0.25) is 4.79 Å². The third-order valence-electron chi connectivity index (χ3n) is 3.85. The molecule has 0 aromatic heterocycles. The second kappa shape index (κ2) is 6.07. The van der Waals surface area contributed by atoms with E-state index in [-0.39, 0.29) is 11.9 Å². The van der Waals surface area contributed by atoms with E-state index in [1.807, 2.05) is 18.8 Å². The summed E-state index contributed by atoms with van der Waals surface area (Å²) in [4.78, 5) is 13.9. The number of nitrogens with zero attached hydrogens (tertiary/aromatic N) is 1. The van der Waals surface area contributed by atoms with Crippen LogP contribution in [0.1, 0.15) is 19.3 Å². The molecule has 98 valence electrons. The lowest BCUT2D eigenvalue weighted by Gasteiger charge is -2.29. The van der Waals surface area contributed by atoms with Gasteiger partial charge in [-0.2, -0.15) is 11.8 Å². The molecule has 4 nitrogen and oxygen atoms in total. The van der Waals surface area contributed by atoms with Gasteiger partial charge in [-0.1, -0.05) is 0 Å². The quantitative estimate of drug-likeness (QED) is 0.765. The molecule has 0 spiro atoms. The first kappa shape index (κ1) is 13.2. The zero-order chi connectivity index (χ0) is 12.3. The molecule has 0 aromatic rings. The predicted octanol–water partition coefficient (Wildman–Crippen LogP) is 0.311. The van der Waals surface area contributed by atoms with Crippen LogP contribution in [0.5, 0.6) is 0 Å². The van der Waals surface area contributed by atoms with Crippen LogP contribution in [0.4, 0.5) is 0 Å². The Hall–Kier alpha value is -0.260. The van der Waals surface area contributed by atoms with Gasteiger partial charge in [-0.15, -0.1) is 0 Å². The molecule has 0 aliphatic carbocycles. The molecule has 1 amide bonds. The van der Waals surface area contributed by atoms with Crippen molar-refractivity contribution < 1.29 is 9.90 Å². The minimum absolute atomic E-state index is 0.0412. The van der Waals surface area contributed by atoms with Crippen LogP contribution in [0.15, 0.2) is 0 Å². The number of amides is 1. The van der Waals surface area contributed by atoms with Gasteiger partial charge in [0.05, 0.1) is 12.1 Å². The van der Waals surface area contributed by atoms with Crippen LogP contribution in [0.25, 0.3) is 0 Å². The van der Waals surface area contributed by atoms with E-state index in [2.05, 4.69) is 5.32 Å². The Kier molecular flexibility index (Phi) is 4.70. The highest BCUT2D eigenvalue weighted by atomic mass is 32.2. The summed E-state index contributed by atoms with van der Waals surface area (Å²) in [5.41, 5.74) is 0. The summed E-state index contributed by atoms with van der Waals surface area (Å²) in [6, 6.07) is -0.0412. The number of rotatable bonds is 3. The number of thioether (sulfide) groups is 1. The van der Waals surface area contributed by atoms with Crippen molar-refractivity contribution in [3.05, 3.63) is 0 Å². The van der Waals surface area contributed by atoms with Crippen LogP contribution in [0, 0.1) is 5.92 Å². The third kappa shape index (κ3) is 3.36. The van der Waals surface area contributed by atoms with Crippen molar-refractivity contribution in [2.45, 2.75) is 31.4 Å². The molecule has 2 fully saturated rings. The molecule has 5 heteroatoms. The zero-order valence-electron chi connectivity index (χ0n) is 10.4. The lowest BCUT2D eigenvalue weighted by Crippen LogP contribution is -2.44.